The van der Waals surface area contributed by atoms with E-state index >= 15 is 0 Å². The summed E-state index contributed by atoms with van der Waals surface area (Å²) in [5, 5.41) is 10.9. The number of phenols is 1. The molecule has 0 radical (unpaired) electrons. The fraction of sp³-hybridized carbons (Fsp3) is 0.571. The molecule has 0 spiro atoms. The number of halogens is 2. The zero-order valence-electron chi connectivity index (χ0n) is 10.8. The lowest BCUT2D eigenvalue weighted by atomic mass is 9.91. The molecule has 0 saturated carbocycles. The van der Waals surface area contributed by atoms with E-state index in [9.17, 15) is 5.11 Å². The molecule has 2 rings (SSSR count). The van der Waals surface area contributed by atoms with Crippen molar-refractivity contribution in [3.05, 3.63) is 27.7 Å². The van der Waals surface area contributed by atoms with Gasteiger partial charge in [0, 0.05) is 23.2 Å². The molecule has 0 amide bonds. The second kappa shape index (κ2) is 5.68. The summed E-state index contributed by atoms with van der Waals surface area (Å²) in [6.07, 6.45) is 2.49. The molecule has 2 nitrogen and oxygen atoms in total. The summed E-state index contributed by atoms with van der Waals surface area (Å²) in [5.41, 5.74) is 0.813. The summed E-state index contributed by atoms with van der Waals surface area (Å²) in [4.78, 5) is 2.38. The van der Waals surface area contributed by atoms with Crippen LogP contribution in [-0.4, -0.2) is 22.6 Å². The second-order valence-corrected chi connectivity index (χ2v) is 6.07. The van der Waals surface area contributed by atoms with Gasteiger partial charge in [-0.25, -0.2) is 0 Å². The molecule has 0 bridgehead atoms. The number of aromatic hydroxyl groups is 1. The summed E-state index contributed by atoms with van der Waals surface area (Å²) in [7, 11) is 0. The predicted molar refractivity (Wildman–Crippen MR) is 76.4 cm³/mol. The van der Waals surface area contributed by atoms with Gasteiger partial charge in [0.1, 0.15) is 5.75 Å². The minimum absolute atomic E-state index is 0.159. The molecule has 1 fully saturated rings. The van der Waals surface area contributed by atoms with Crippen LogP contribution in [0.1, 0.15) is 32.3 Å². The molecule has 1 aromatic carbocycles. The average molecular weight is 288 g/mol. The zero-order chi connectivity index (χ0) is 13.3. The molecule has 1 aliphatic rings. The summed E-state index contributed by atoms with van der Waals surface area (Å²) in [5.74, 6) is 0.849. The number of piperidine rings is 1. The summed E-state index contributed by atoms with van der Waals surface area (Å²) < 4.78 is 0. The first-order chi connectivity index (χ1) is 8.49. The van der Waals surface area contributed by atoms with Gasteiger partial charge < -0.3 is 5.11 Å². The number of hydrogen-bond acceptors (Lipinski definition) is 2. The highest BCUT2D eigenvalue weighted by atomic mass is 35.5. The van der Waals surface area contributed by atoms with E-state index in [1.807, 2.05) is 0 Å². The summed E-state index contributed by atoms with van der Waals surface area (Å²) >= 11 is 11.9. The van der Waals surface area contributed by atoms with Gasteiger partial charge in [-0.3, -0.25) is 4.90 Å². The average Bonchev–Trinajstić information content (AvgIpc) is 2.31. The standard InChI is InChI=1S/C14H19Cl2NO/c1-9-4-3-5-17(10(9)2)8-11-6-12(15)7-13(16)14(11)18/h6-7,9-10,18H,3-5,8H2,1-2H3. The van der Waals surface area contributed by atoms with Crippen molar-refractivity contribution in [2.75, 3.05) is 6.54 Å². The van der Waals surface area contributed by atoms with E-state index in [1.54, 1.807) is 12.1 Å². The van der Waals surface area contributed by atoms with Crippen LogP contribution in [0.25, 0.3) is 0 Å². The Bertz CT molecular complexity index is 436. The Morgan fingerprint density at radius 3 is 2.78 bits per heavy atom. The Morgan fingerprint density at radius 2 is 2.06 bits per heavy atom. The second-order valence-electron chi connectivity index (χ2n) is 5.23. The quantitative estimate of drug-likeness (QED) is 0.876. The lowest BCUT2D eigenvalue weighted by molar-refractivity contribution is 0.105. The van der Waals surface area contributed by atoms with Crippen molar-refractivity contribution >= 4 is 23.2 Å². The van der Waals surface area contributed by atoms with Crippen LogP contribution in [0.2, 0.25) is 10.0 Å². The number of nitrogens with zero attached hydrogens (tertiary/aromatic N) is 1. The minimum atomic E-state index is 0.159. The number of rotatable bonds is 2. The Balaban J connectivity index is 2.18. The van der Waals surface area contributed by atoms with Crippen LogP contribution < -0.4 is 0 Å². The van der Waals surface area contributed by atoms with Crippen molar-refractivity contribution in [1.82, 2.24) is 4.90 Å². The maximum atomic E-state index is 9.99. The highest BCUT2D eigenvalue weighted by molar-refractivity contribution is 6.35. The maximum Gasteiger partial charge on any atom is 0.138 e. The zero-order valence-corrected chi connectivity index (χ0v) is 12.3. The van der Waals surface area contributed by atoms with Gasteiger partial charge >= 0.3 is 0 Å². The van der Waals surface area contributed by atoms with Crippen LogP contribution >= 0.6 is 23.2 Å². The van der Waals surface area contributed by atoms with Crippen LogP contribution in [0.15, 0.2) is 12.1 Å². The number of benzene rings is 1. The third-order valence-electron chi connectivity index (χ3n) is 3.98. The lowest BCUT2D eigenvalue weighted by Crippen LogP contribution is -2.41. The van der Waals surface area contributed by atoms with Gasteiger partial charge in [0.05, 0.1) is 5.02 Å². The number of hydrogen-bond donors (Lipinski definition) is 1. The molecule has 2 unspecified atom stereocenters. The minimum Gasteiger partial charge on any atom is -0.506 e. The molecular weight excluding hydrogens is 269 g/mol. The topological polar surface area (TPSA) is 23.5 Å². The van der Waals surface area contributed by atoms with E-state index < -0.39 is 0 Å². The lowest BCUT2D eigenvalue weighted by Gasteiger charge is -2.38. The van der Waals surface area contributed by atoms with E-state index in [-0.39, 0.29) is 5.75 Å². The van der Waals surface area contributed by atoms with Gasteiger partial charge in [-0.1, -0.05) is 30.1 Å². The highest BCUT2D eigenvalue weighted by Gasteiger charge is 2.25. The van der Waals surface area contributed by atoms with Crippen molar-refractivity contribution < 1.29 is 5.11 Å². The first-order valence-electron chi connectivity index (χ1n) is 6.40. The van der Waals surface area contributed by atoms with Crippen LogP contribution in [0, 0.1) is 5.92 Å². The van der Waals surface area contributed by atoms with Crippen molar-refractivity contribution in [2.24, 2.45) is 5.92 Å². The molecule has 1 aliphatic heterocycles. The van der Waals surface area contributed by atoms with Gasteiger partial charge in [-0.2, -0.15) is 0 Å². The fourth-order valence-electron chi connectivity index (χ4n) is 2.60. The smallest absolute Gasteiger partial charge is 0.138 e. The first kappa shape index (κ1) is 14.0. The van der Waals surface area contributed by atoms with E-state index in [4.69, 9.17) is 23.2 Å². The van der Waals surface area contributed by atoms with Crippen molar-refractivity contribution in [3.8, 4) is 5.75 Å². The molecule has 0 aromatic heterocycles. The number of phenolic OH excluding ortho intramolecular Hbond substituents is 1. The third kappa shape index (κ3) is 2.93. The predicted octanol–water partition coefficient (Wildman–Crippen LogP) is 4.32. The highest BCUT2D eigenvalue weighted by Crippen LogP contribution is 2.33. The van der Waals surface area contributed by atoms with E-state index in [0.29, 0.717) is 28.5 Å². The van der Waals surface area contributed by atoms with Crippen molar-refractivity contribution in [2.45, 2.75) is 39.3 Å². The van der Waals surface area contributed by atoms with E-state index in [1.165, 1.54) is 12.8 Å². The molecule has 2 atom stereocenters. The Kier molecular flexibility index (Phi) is 4.41. The van der Waals surface area contributed by atoms with Gasteiger partial charge in [-0.05, 0) is 44.4 Å². The molecule has 1 aromatic rings. The third-order valence-corrected chi connectivity index (χ3v) is 4.49. The van der Waals surface area contributed by atoms with Gasteiger partial charge in [-0.15, -0.1) is 0 Å². The Labute approximate surface area is 119 Å². The monoisotopic (exact) mass is 287 g/mol. The Morgan fingerprint density at radius 1 is 1.33 bits per heavy atom. The number of likely N-dealkylation sites (tertiary alicyclic amines) is 1. The molecule has 0 aliphatic carbocycles. The largest absolute Gasteiger partial charge is 0.506 e. The van der Waals surface area contributed by atoms with Crippen LogP contribution in [0.5, 0.6) is 5.75 Å². The van der Waals surface area contributed by atoms with Crippen LogP contribution in [0.4, 0.5) is 0 Å². The summed E-state index contributed by atoms with van der Waals surface area (Å²) in [6, 6.07) is 3.90. The first-order valence-corrected chi connectivity index (χ1v) is 7.15. The SMILES string of the molecule is CC1CCCN(Cc2cc(Cl)cc(Cl)c2O)C1C. The molecule has 4 heteroatoms. The van der Waals surface area contributed by atoms with Gasteiger partial charge in [0.15, 0.2) is 0 Å². The maximum absolute atomic E-state index is 9.99. The molecule has 1 heterocycles. The van der Waals surface area contributed by atoms with Crippen LogP contribution in [0.3, 0.4) is 0 Å². The summed E-state index contributed by atoms with van der Waals surface area (Å²) in [6.45, 7) is 6.29. The molecule has 1 saturated heterocycles. The molecule has 18 heavy (non-hydrogen) atoms. The normalized spacial score (nSPS) is 25.3. The Hall–Kier alpha value is -0.440. The van der Waals surface area contributed by atoms with Gasteiger partial charge in [0.2, 0.25) is 0 Å². The van der Waals surface area contributed by atoms with E-state index in [2.05, 4.69) is 18.7 Å². The molecule has 100 valence electrons. The van der Waals surface area contributed by atoms with E-state index in [0.717, 1.165) is 12.1 Å². The molecule has 1 N–H and O–H groups in total. The van der Waals surface area contributed by atoms with Crippen molar-refractivity contribution in [3.63, 3.8) is 0 Å². The van der Waals surface area contributed by atoms with Gasteiger partial charge in [0.25, 0.3) is 0 Å². The van der Waals surface area contributed by atoms with Crippen molar-refractivity contribution in [1.29, 1.82) is 0 Å². The molecular formula is C14H19Cl2NO. The van der Waals surface area contributed by atoms with Crippen LogP contribution in [-0.2, 0) is 6.54 Å². The fourth-order valence-corrected chi connectivity index (χ4v) is 3.14.